The van der Waals surface area contributed by atoms with Crippen molar-refractivity contribution in [2.24, 2.45) is 0 Å². The van der Waals surface area contributed by atoms with E-state index in [1.807, 2.05) is 6.92 Å². The molecular formula is C12H25NO2. The maximum absolute atomic E-state index is 9.39. The maximum atomic E-state index is 9.39. The van der Waals surface area contributed by atoms with Gasteiger partial charge in [-0.2, -0.15) is 0 Å². The van der Waals surface area contributed by atoms with Gasteiger partial charge in [0.25, 0.3) is 0 Å². The molecule has 0 spiro atoms. The molecule has 1 aliphatic heterocycles. The van der Waals surface area contributed by atoms with Gasteiger partial charge in [0.2, 0.25) is 0 Å². The number of hydrogen-bond donors (Lipinski definition) is 1. The molecule has 3 nitrogen and oxygen atoms in total. The molecule has 0 amide bonds. The monoisotopic (exact) mass is 215 g/mol. The zero-order valence-corrected chi connectivity index (χ0v) is 10.3. The third-order valence-electron chi connectivity index (χ3n) is 2.94. The van der Waals surface area contributed by atoms with Gasteiger partial charge < -0.3 is 9.84 Å². The van der Waals surface area contributed by atoms with E-state index in [0.717, 1.165) is 19.6 Å². The van der Waals surface area contributed by atoms with Gasteiger partial charge in [-0.3, -0.25) is 4.90 Å². The Bertz CT molecular complexity index is 171. The average molecular weight is 215 g/mol. The summed E-state index contributed by atoms with van der Waals surface area (Å²) in [6, 6.07) is 0.570. The predicted molar refractivity (Wildman–Crippen MR) is 62.0 cm³/mol. The Kier molecular flexibility index (Phi) is 5.58. The first-order valence-electron chi connectivity index (χ1n) is 6.13. The Morgan fingerprint density at radius 3 is 2.73 bits per heavy atom. The summed E-state index contributed by atoms with van der Waals surface area (Å²) >= 11 is 0. The number of aliphatic hydroxyl groups is 1. The van der Waals surface area contributed by atoms with Crippen LogP contribution in [0.4, 0.5) is 0 Å². The van der Waals surface area contributed by atoms with Crippen LogP contribution < -0.4 is 0 Å². The molecule has 15 heavy (non-hydrogen) atoms. The molecule has 3 heteroatoms. The van der Waals surface area contributed by atoms with Crippen molar-refractivity contribution in [1.29, 1.82) is 0 Å². The van der Waals surface area contributed by atoms with Crippen LogP contribution in [0, 0.1) is 0 Å². The van der Waals surface area contributed by atoms with Crippen molar-refractivity contribution < 1.29 is 9.84 Å². The molecule has 0 bridgehead atoms. The molecule has 0 aliphatic carbocycles. The van der Waals surface area contributed by atoms with E-state index in [1.165, 1.54) is 19.4 Å². The number of ether oxygens (including phenoxy) is 1. The summed E-state index contributed by atoms with van der Waals surface area (Å²) in [5, 5.41) is 9.39. The molecule has 2 atom stereocenters. The lowest BCUT2D eigenvalue weighted by atomic mass is 10.1. The molecule has 1 rings (SSSR count). The smallest absolute Gasteiger partial charge is 0.0597 e. The molecular weight excluding hydrogens is 190 g/mol. The zero-order valence-electron chi connectivity index (χ0n) is 10.3. The average Bonchev–Trinajstić information content (AvgIpc) is 2.51. The van der Waals surface area contributed by atoms with Crippen molar-refractivity contribution in [1.82, 2.24) is 4.90 Å². The highest BCUT2D eigenvalue weighted by molar-refractivity contribution is 4.80. The molecule has 0 aromatic heterocycles. The summed E-state index contributed by atoms with van der Waals surface area (Å²) in [6.45, 7) is 9.00. The molecule has 90 valence electrons. The Balaban J connectivity index is 2.21. The summed E-state index contributed by atoms with van der Waals surface area (Å²) in [5.41, 5.74) is 0. The Hall–Kier alpha value is -0.120. The maximum Gasteiger partial charge on any atom is 0.0597 e. The van der Waals surface area contributed by atoms with E-state index < -0.39 is 0 Å². The first-order chi connectivity index (χ1) is 7.09. The van der Waals surface area contributed by atoms with Gasteiger partial charge in [0.15, 0.2) is 0 Å². The van der Waals surface area contributed by atoms with Gasteiger partial charge in [0.1, 0.15) is 0 Å². The van der Waals surface area contributed by atoms with Gasteiger partial charge in [-0.25, -0.2) is 0 Å². The van der Waals surface area contributed by atoms with Crippen molar-refractivity contribution in [3.63, 3.8) is 0 Å². The van der Waals surface area contributed by atoms with Gasteiger partial charge in [0, 0.05) is 12.6 Å². The zero-order chi connectivity index (χ0) is 11.3. The standard InChI is InChI=1S/C12H25NO2/c1-10(2)15-8-7-13-6-4-5-12(13)9-11(3)14/h10-12,14H,4-9H2,1-3H3. The van der Waals surface area contributed by atoms with Gasteiger partial charge >= 0.3 is 0 Å². The summed E-state index contributed by atoms with van der Waals surface area (Å²) < 4.78 is 5.55. The number of likely N-dealkylation sites (tertiary alicyclic amines) is 1. The predicted octanol–water partition coefficient (Wildman–Crippen LogP) is 1.65. The third kappa shape index (κ3) is 4.96. The van der Waals surface area contributed by atoms with Gasteiger partial charge in [-0.05, 0) is 46.6 Å². The summed E-state index contributed by atoms with van der Waals surface area (Å²) in [6.07, 6.45) is 3.54. The lowest BCUT2D eigenvalue weighted by Crippen LogP contribution is -2.34. The van der Waals surface area contributed by atoms with Crippen LogP contribution in [0.5, 0.6) is 0 Å². The minimum atomic E-state index is -0.179. The van der Waals surface area contributed by atoms with Crippen molar-refractivity contribution >= 4 is 0 Å². The van der Waals surface area contributed by atoms with E-state index in [0.29, 0.717) is 12.1 Å². The molecule has 0 aromatic carbocycles. The minimum Gasteiger partial charge on any atom is -0.393 e. The molecule has 1 saturated heterocycles. The van der Waals surface area contributed by atoms with Crippen LogP contribution in [-0.4, -0.2) is 48.0 Å². The normalized spacial score (nSPS) is 25.0. The van der Waals surface area contributed by atoms with Crippen LogP contribution in [0.25, 0.3) is 0 Å². The van der Waals surface area contributed by atoms with Gasteiger partial charge in [0.05, 0.1) is 18.8 Å². The quantitative estimate of drug-likeness (QED) is 0.731. The van der Waals surface area contributed by atoms with Crippen LogP contribution in [0.15, 0.2) is 0 Å². The molecule has 1 fully saturated rings. The Morgan fingerprint density at radius 2 is 2.13 bits per heavy atom. The molecule has 1 heterocycles. The van der Waals surface area contributed by atoms with E-state index in [2.05, 4.69) is 18.7 Å². The second-order valence-corrected chi connectivity index (χ2v) is 4.84. The highest BCUT2D eigenvalue weighted by atomic mass is 16.5. The van der Waals surface area contributed by atoms with Crippen molar-refractivity contribution in [3.8, 4) is 0 Å². The second kappa shape index (κ2) is 6.46. The van der Waals surface area contributed by atoms with E-state index in [-0.39, 0.29) is 6.10 Å². The van der Waals surface area contributed by atoms with E-state index >= 15 is 0 Å². The van der Waals surface area contributed by atoms with Gasteiger partial charge in [-0.1, -0.05) is 0 Å². The SMILES string of the molecule is CC(O)CC1CCCN1CCOC(C)C. The number of hydrogen-bond acceptors (Lipinski definition) is 3. The van der Waals surface area contributed by atoms with E-state index in [9.17, 15) is 5.11 Å². The van der Waals surface area contributed by atoms with E-state index in [1.54, 1.807) is 0 Å². The fraction of sp³-hybridized carbons (Fsp3) is 1.00. The summed E-state index contributed by atoms with van der Waals surface area (Å²) in [7, 11) is 0. The fourth-order valence-electron chi connectivity index (χ4n) is 2.26. The molecule has 1 N–H and O–H groups in total. The lowest BCUT2D eigenvalue weighted by Gasteiger charge is -2.25. The fourth-order valence-corrected chi connectivity index (χ4v) is 2.26. The summed E-state index contributed by atoms with van der Waals surface area (Å²) in [4.78, 5) is 2.45. The Morgan fingerprint density at radius 1 is 1.40 bits per heavy atom. The van der Waals surface area contributed by atoms with Crippen LogP contribution >= 0.6 is 0 Å². The molecule has 0 radical (unpaired) electrons. The highest BCUT2D eigenvalue weighted by Gasteiger charge is 2.24. The number of rotatable bonds is 6. The van der Waals surface area contributed by atoms with Gasteiger partial charge in [-0.15, -0.1) is 0 Å². The number of nitrogens with zero attached hydrogens (tertiary/aromatic N) is 1. The Labute approximate surface area is 93.4 Å². The third-order valence-corrected chi connectivity index (χ3v) is 2.94. The van der Waals surface area contributed by atoms with Crippen LogP contribution in [0.1, 0.15) is 40.0 Å². The molecule has 1 aliphatic rings. The van der Waals surface area contributed by atoms with Crippen LogP contribution in [0.3, 0.4) is 0 Å². The van der Waals surface area contributed by atoms with Crippen LogP contribution in [0.2, 0.25) is 0 Å². The van der Waals surface area contributed by atoms with Crippen LogP contribution in [-0.2, 0) is 4.74 Å². The highest BCUT2D eigenvalue weighted by Crippen LogP contribution is 2.20. The first kappa shape index (κ1) is 12.9. The number of aliphatic hydroxyl groups excluding tert-OH is 1. The largest absolute Gasteiger partial charge is 0.393 e. The van der Waals surface area contributed by atoms with Crippen molar-refractivity contribution in [3.05, 3.63) is 0 Å². The lowest BCUT2D eigenvalue weighted by molar-refractivity contribution is 0.0500. The van der Waals surface area contributed by atoms with E-state index in [4.69, 9.17) is 4.74 Å². The topological polar surface area (TPSA) is 32.7 Å². The first-order valence-corrected chi connectivity index (χ1v) is 6.13. The minimum absolute atomic E-state index is 0.179. The van der Waals surface area contributed by atoms with Crippen molar-refractivity contribution in [2.75, 3.05) is 19.7 Å². The molecule has 0 saturated carbocycles. The molecule has 2 unspecified atom stereocenters. The second-order valence-electron chi connectivity index (χ2n) is 4.84. The van der Waals surface area contributed by atoms with Crippen molar-refractivity contribution in [2.45, 2.75) is 58.3 Å². The summed E-state index contributed by atoms with van der Waals surface area (Å²) in [5.74, 6) is 0. The molecule has 0 aromatic rings.